The Hall–Kier alpha value is -2.22. The summed E-state index contributed by atoms with van der Waals surface area (Å²) in [6.07, 6.45) is -1.56. The molecule has 0 N–H and O–H groups in total. The molecule has 0 amide bonds. The molecule has 0 saturated heterocycles. The Morgan fingerprint density at radius 2 is 1.86 bits per heavy atom. The molecule has 0 aliphatic carbocycles. The quantitative estimate of drug-likeness (QED) is 0.639. The van der Waals surface area contributed by atoms with Crippen LogP contribution in [0.4, 0.5) is 13.2 Å². The molecule has 0 saturated carbocycles. The van der Waals surface area contributed by atoms with Gasteiger partial charge in [-0.2, -0.15) is 18.3 Å². The first-order valence-electron chi connectivity index (χ1n) is 6.15. The molecule has 4 nitrogen and oxygen atoms in total. The van der Waals surface area contributed by atoms with E-state index in [0.717, 1.165) is 12.1 Å². The smallest absolute Gasteiger partial charge is 0.247 e. The highest BCUT2D eigenvalue weighted by Gasteiger charge is 2.30. The van der Waals surface area contributed by atoms with Crippen LogP contribution >= 0.6 is 15.9 Å². The van der Waals surface area contributed by atoms with Crippen LogP contribution in [0.25, 0.3) is 17.1 Å². The van der Waals surface area contributed by atoms with Crippen LogP contribution in [0.3, 0.4) is 0 Å². The van der Waals surface area contributed by atoms with Crippen LogP contribution in [0.5, 0.6) is 0 Å². The molecule has 0 spiro atoms. The second-order valence-corrected chi connectivity index (χ2v) is 5.23. The predicted octanol–water partition coefficient (Wildman–Crippen LogP) is 4.11. The number of aromatic nitrogens is 4. The van der Waals surface area contributed by atoms with Gasteiger partial charge in [-0.05, 0) is 40.2 Å². The lowest BCUT2D eigenvalue weighted by molar-refractivity contribution is -0.137. The standard InChI is InChI=1S/C14H8BrF3N4/c15-12-5-4-11(7-19-12)22-13(20-8-21-22)9-2-1-3-10(6-9)14(16,17)18/h1-8H. The van der Waals surface area contributed by atoms with Gasteiger partial charge in [0.2, 0.25) is 0 Å². The minimum Gasteiger partial charge on any atom is -0.247 e. The monoisotopic (exact) mass is 368 g/mol. The number of pyridine rings is 1. The third-order valence-corrected chi connectivity index (χ3v) is 3.42. The summed E-state index contributed by atoms with van der Waals surface area (Å²) in [4.78, 5) is 8.13. The maximum atomic E-state index is 12.8. The summed E-state index contributed by atoms with van der Waals surface area (Å²) in [5.74, 6) is 0.315. The normalized spacial score (nSPS) is 11.6. The zero-order valence-corrected chi connectivity index (χ0v) is 12.5. The number of halogens is 4. The Morgan fingerprint density at radius 3 is 2.55 bits per heavy atom. The van der Waals surface area contributed by atoms with Crippen LogP contribution in [0, 0.1) is 0 Å². The van der Waals surface area contributed by atoms with Crippen molar-refractivity contribution in [3.8, 4) is 17.1 Å². The molecule has 0 bridgehead atoms. The largest absolute Gasteiger partial charge is 0.416 e. The average Bonchev–Trinajstić information content (AvgIpc) is 2.97. The summed E-state index contributed by atoms with van der Waals surface area (Å²) >= 11 is 3.22. The fourth-order valence-electron chi connectivity index (χ4n) is 1.96. The molecule has 0 fully saturated rings. The van der Waals surface area contributed by atoms with Crippen LogP contribution in [-0.2, 0) is 6.18 Å². The lowest BCUT2D eigenvalue weighted by Gasteiger charge is -2.09. The highest BCUT2D eigenvalue weighted by molar-refractivity contribution is 9.10. The molecule has 0 atom stereocenters. The van der Waals surface area contributed by atoms with E-state index in [9.17, 15) is 13.2 Å². The van der Waals surface area contributed by atoms with Gasteiger partial charge in [0, 0.05) is 5.56 Å². The van der Waals surface area contributed by atoms with Crippen LogP contribution in [0.2, 0.25) is 0 Å². The van der Waals surface area contributed by atoms with E-state index in [1.165, 1.54) is 17.1 Å². The first-order valence-corrected chi connectivity index (χ1v) is 6.94. The Bertz CT molecular complexity index is 796. The van der Waals surface area contributed by atoms with Crippen molar-refractivity contribution in [1.82, 2.24) is 19.7 Å². The maximum Gasteiger partial charge on any atom is 0.416 e. The van der Waals surface area contributed by atoms with Gasteiger partial charge >= 0.3 is 6.18 Å². The lowest BCUT2D eigenvalue weighted by atomic mass is 10.1. The van der Waals surface area contributed by atoms with Crippen LogP contribution in [0.15, 0.2) is 53.5 Å². The fraction of sp³-hybridized carbons (Fsp3) is 0.0714. The molecule has 1 aromatic carbocycles. The Kier molecular flexibility index (Phi) is 3.69. The predicted molar refractivity (Wildman–Crippen MR) is 77.3 cm³/mol. The molecule has 0 unspecified atom stereocenters. The van der Waals surface area contributed by atoms with E-state index in [1.807, 2.05) is 0 Å². The zero-order valence-electron chi connectivity index (χ0n) is 10.9. The highest BCUT2D eigenvalue weighted by Crippen LogP contribution is 2.32. The van der Waals surface area contributed by atoms with Crippen LogP contribution in [0.1, 0.15) is 5.56 Å². The summed E-state index contributed by atoms with van der Waals surface area (Å²) in [7, 11) is 0. The van der Waals surface area contributed by atoms with Gasteiger partial charge in [0.15, 0.2) is 5.82 Å². The Balaban J connectivity index is 2.07. The lowest BCUT2D eigenvalue weighted by Crippen LogP contribution is -2.05. The topological polar surface area (TPSA) is 43.6 Å². The highest BCUT2D eigenvalue weighted by atomic mass is 79.9. The van der Waals surface area contributed by atoms with Gasteiger partial charge in [-0.25, -0.2) is 14.6 Å². The van der Waals surface area contributed by atoms with Gasteiger partial charge in [0.05, 0.1) is 17.4 Å². The van der Waals surface area contributed by atoms with Crippen molar-refractivity contribution < 1.29 is 13.2 Å². The van der Waals surface area contributed by atoms with Crippen molar-refractivity contribution in [2.75, 3.05) is 0 Å². The molecule has 3 aromatic rings. The van der Waals surface area contributed by atoms with Gasteiger partial charge in [-0.15, -0.1) is 0 Å². The zero-order chi connectivity index (χ0) is 15.7. The summed E-state index contributed by atoms with van der Waals surface area (Å²) in [5, 5.41) is 4.05. The van der Waals surface area contributed by atoms with Gasteiger partial charge in [0.25, 0.3) is 0 Å². The molecule has 8 heteroatoms. The van der Waals surface area contributed by atoms with E-state index < -0.39 is 11.7 Å². The minimum atomic E-state index is -4.40. The van der Waals surface area contributed by atoms with Crippen molar-refractivity contribution in [3.05, 3.63) is 59.1 Å². The van der Waals surface area contributed by atoms with Gasteiger partial charge in [-0.3, -0.25) is 0 Å². The van der Waals surface area contributed by atoms with Crippen molar-refractivity contribution >= 4 is 15.9 Å². The van der Waals surface area contributed by atoms with Gasteiger partial charge < -0.3 is 0 Å². The average molecular weight is 369 g/mol. The summed E-state index contributed by atoms with van der Waals surface area (Å²) < 4.78 is 40.5. The second kappa shape index (κ2) is 5.53. The molecule has 2 heterocycles. The summed E-state index contributed by atoms with van der Waals surface area (Å²) in [6.45, 7) is 0. The van der Waals surface area contributed by atoms with Crippen molar-refractivity contribution in [3.63, 3.8) is 0 Å². The van der Waals surface area contributed by atoms with Gasteiger partial charge in [0.1, 0.15) is 10.9 Å². The van der Waals surface area contributed by atoms with Crippen LogP contribution in [-0.4, -0.2) is 19.7 Å². The van der Waals surface area contributed by atoms with Crippen molar-refractivity contribution in [2.45, 2.75) is 6.18 Å². The number of nitrogens with zero attached hydrogens (tertiary/aromatic N) is 4. The Morgan fingerprint density at radius 1 is 1.05 bits per heavy atom. The van der Waals surface area contributed by atoms with E-state index in [4.69, 9.17) is 0 Å². The van der Waals surface area contributed by atoms with Crippen molar-refractivity contribution in [2.24, 2.45) is 0 Å². The number of hydrogen-bond donors (Lipinski definition) is 0. The Labute approximate surface area is 131 Å². The SMILES string of the molecule is FC(F)(F)c1cccc(-c2ncnn2-c2ccc(Br)nc2)c1. The third kappa shape index (κ3) is 2.87. The molecule has 0 aliphatic rings. The maximum absolute atomic E-state index is 12.8. The van der Waals surface area contributed by atoms with E-state index in [1.54, 1.807) is 24.4 Å². The molecule has 2 aromatic heterocycles. The summed E-state index contributed by atoms with van der Waals surface area (Å²) in [5.41, 5.74) is 0.205. The van der Waals surface area contributed by atoms with E-state index in [-0.39, 0.29) is 0 Å². The number of benzene rings is 1. The molecule has 3 rings (SSSR count). The molecular formula is C14H8BrF3N4. The number of alkyl halides is 3. The number of hydrogen-bond acceptors (Lipinski definition) is 3. The molecule has 112 valence electrons. The molecule has 22 heavy (non-hydrogen) atoms. The fourth-order valence-corrected chi connectivity index (χ4v) is 2.19. The van der Waals surface area contributed by atoms with Crippen molar-refractivity contribution in [1.29, 1.82) is 0 Å². The first kappa shape index (κ1) is 14.7. The second-order valence-electron chi connectivity index (χ2n) is 4.41. The molecular weight excluding hydrogens is 361 g/mol. The van der Waals surface area contributed by atoms with E-state index in [2.05, 4.69) is 31.0 Å². The summed E-state index contributed by atoms with van der Waals surface area (Å²) in [6, 6.07) is 8.42. The third-order valence-electron chi connectivity index (χ3n) is 2.95. The first-order chi connectivity index (χ1) is 10.4. The molecule has 0 radical (unpaired) electrons. The van der Waals surface area contributed by atoms with Crippen LogP contribution < -0.4 is 0 Å². The minimum absolute atomic E-state index is 0.315. The number of rotatable bonds is 2. The molecule has 0 aliphatic heterocycles. The van der Waals surface area contributed by atoms with E-state index in [0.29, 0.717) is 21.7 Å². The van der Waals surface area contributed by atoms with E-state index >= 15 is 0 Å². The van der Waals surface area contributed by atoms with Gasteiger partial charge in [-0.1, -0.05) is 12.1 Å².